The summed E-state index contributed by atoms with van der Waals surface area (Å²) in [6.07, 6.45) is -4.21. The van der Waals surface area contributed by atoms with Crippen LogP contribution in [0.1, 0.15) is 29.3 Å². The van der Waals surface area contributed by atoms with Gasteiger partial charge in [-0.2, -0.15) is 13.2 Å². The fourth-order valence-electron chi connectivity index (χ4n) is 1.54. The molecule has 2 rings (SSSR count). The van der Waals surface area contributed by atoms with Gasteiger partial charge in [0.15, 0.2) is 5.78 Å². The smallest absolute Gasteiger partial charge is 0.294 e. The van der Waals surface area contributed by atoms with E-state index in [-0.39, 0.29) is 11.3 Å². The summed E-state index contributed by atoms with van der Waals surface area (Å²) in [6.45, 7) is 1.69. The van der Waals surface area contributed by atoms with E-state index < -0.39 is 11.8 Å². The van der Waals surface area contributed by atoms with E-state index in [0.29, 0.717) is 12.0 Å². The summed E-state index contributed by atoms with van der Waals surface area (Å²) in [7, 11) is 0. The molecule has 0 amide bonds. The van der Waals surface area contributed by atoms with Crippen molar-refractivity contribution in [2.45, 2.75) is 25.2 Å². The van der Waals surface area contributed by atoms with Crippen molar-refractivity contribution < 1.29 is 18.0 Å². The Morgan fingerprint density at radius 1 is 1.24 bits per heavy atom. The van der Waals surface area contributed by atoms with Crippen molar-refractivity contribution >= 4 is 5.78 Å². The van der Waals surface area contributed by atoms with Crippen molar-refractivity contribution in [2.75, 3.05) is 0 Å². The van der Waals surface area contributed by atoms with Crippen LogP contribution in [0.4, 0.5) is 13.2 Å². The molecule has 0 atom stereocenters. The van der Waals surface area contributed by atoms with Crippen LogP contribution < -0.4 is 0 Å². The SMILES string of the molecule is CCC(=O)c1ccc(C2(C(F)(F)F)N=N2)cc1. The third kappa shape index (κ3) is 1.83. The minimum Gasteiger partial charge on any atom is -0.294 e. The van der Waals surface area contributed by atoms with Gasteiger partial charge in [0.25, 0.3) is 0 Å². The van der Waals surface area contributed by atoms with Gasteiger partial charge in [-0.15, -0.1) is 10.2 Å². The van der Waals surface area contributed by atoms with E-state index >= 15 is 0 Å². The highest BCUT2D eigenvalue weighted by Gasteiger charge is 2.65. The fourth-order valence-corrected chi connectivity index (χ4v) is 1.54. The molecule has 0 saturated heterocycles. The Balaban J connectivity index is 2.28. The van der Waals surface area contributed by atoms with E-state index in [1.54, 1.807) is 6.92 Å². The summed E-state index contributed by atoms with van der Waals surface area (Å²) in [4.78, 5) is 11.3. The van der Waals surface area contributed by atoms with E-state index in [9.17, 15) is 18.0 Å². The van der Waals surface area contributed by atoms with Gasteiger partial charge in [-0.05, 0) is 0 Å². The maximum Gasteiger partial charge on any atom is 0.442 e. The molecule has 0 unspecified atom stereocenters. The van der Waals surface area contributed by atoms with E-state index in [1.165, 1.54) is 24.3 Å². The Morgan fingerprint density at radius 2 is 1.76 bits per heavy atom. The third-order valence-electron chi connectivity index (χ3n) is 2.63. The Labute approximate surface area is 95.4 Å². The molecule has 1 aromatic carbocycles. The summed E-state index contributed by atoms with van der Waals surface area (Å²) in [6, 6.07) is 5.24. The molecule has 0 radical (unpaired) electrons. The fraction of sp³-hybridized carbons (Fsp3) is 0.364. The van der Waals surface area contributed by atoms with Crippen molar-refractivity contribution in [2.24, 2.45) is 10.2 Å². The number of nitrogens with zero attached hydrogens (tertiary/aromatic N) is 2. The number of carbonyl (C=O) groups is 1. The van der Waals surface area contributed by atoms with E-state index in [1.807, 2.05) is 0 Å². The van der Waals surface area contributed by atoms with Crippen LogP contribution in [0.5, 0.6) is 0 Å². The van der Waals surface area contributed by atoms with Crippen LogP contribution in [0, 0.1) is 0 Å². The van der Waals surface area contributed by atoms with Crippen LogP contribution in [0.3, 0.4) is 0 Å². The average Bonchev–Trinajstić information content (AvgIpc) is 3.08. The van der Waals surface area contributed by atoms with E-state index in [4.69, 9.17) is 0 Å². The maximum absolute atomic E-state index is 12.7. The second kappa shape index (κ2) is 3.65. The number of carbonyl (C=O) groups excluding carboxylic acids is 1. The highest BCUT2D eigenvalue weighted by Crippen LogP contribution is 2.52. The lowest BCUT2D eigenvalue weighted by Crippen LogP contribution is -2.30. The Bertz CT molecular complexity index is 470. The van der Waals surface area contributed by atoms with Gasteiger partial charge in [-0.3, -0.25) is 4.79 Å². The van der Waals surface area contributed by atoms with Gasteiger partial charge >= 0.3 is 11.8 Å². The molecule has 6 heteroatoms. The zero-order chi connectivity index (χ0) is 12.7. The van der Waals surface area contributed by atoms with Crippen molar-refractivity contribution in [3.63, 3.8) is 0 Å². The van der Waals surface area contributed by atoms with Crippen LogP contribution in [-0.2, 0) is 5.66 Å². The lowest BCUT2D eigenvalue weighted by molar-refractivity contribution is -0.166. The first-order chi connectivity index (χ1) is 7.90. The molecule has 17 heavy (non-hydrogen) atoms. The quantitative estimate of drug-likeness (QED) is 0.748. The number of benzene rings is 1. The molecule has 1 aliphatic heterocycles. The molecule has 90 valence electrons. The molecular weight excluding hydrogens is 233 g/mol. The molecule has 1 heterocycles. The number of Topliss-reactive ketones (excluding diaryl/α,β-unsaturated/α-hetero) is 1. The lowest BCUT2D eigenvalue weighted by atomic mass is 9.99. The Hall–Kier alpha value is -1.72. The first-order valence-corrected chi connectivity index (χ1v) is 5.05. The molecular formula is C11H9F3N2O. The molecule has 0 spiro atoms. The molecule has 0 fully saturated rings. The molecule has 1 aliphatic rings. The number of alkyl halides is 3. The number of ketones is 1. The van der Waals surface area contributed by atoms with Crippen LogP contribution in [0.15, 0.2) is 34.5 Å². The minimum atomic E-state index is -4.52. The van der Waals surface area contributed by atoms with Crippen molar-refractivity contribution in [3.8, 4) is 0 Å². The number of rotatable bonds is 3. The van der Waals surface area contributed by atoms with Crippen LogP contribution in [0.2, 0.25) is 0 Å². The molecule has 0 saturated carbocycles. The first-order valence-electron chi connectivity index (χ1n) is 5.05. The van der Waals surface area contributed by atoms with Gasteiger partial charge in [0.2, 0.25) is 0 Å². The summed E-state index contributed by atoms with van der Waals surface area (Å²) < 4.78 is 38.0. The standard InChI is InChI=1S/C11H9F3N2O/c1-2-9(17)7-3-5-8(6-4-7)10(15-16-10)11(12,13)14/h3-6H,2H2,1H3. The molecule has 0 aromatic heterocycles. The van der Waals surface area contributed by atoms with Crippen LogP contribution in [-0.4, -0.2) is 12.0 Å². The molecule has 1 aromatic rings. The van der Waals surface area contributed by atoms with Crippen molar-refractivity contribution in [1.29, 1.82) is 0 Å². The summed E-state index contributed by atoms with van der Waals surface area (Å²) in [5, 5.41) is 6.17. The van der Waals surface area contributed by atoms with Gasteiger partial charge in [-0.1, -0.05) is 31.2 Å². The predicted molar refractivity (Wildman–Crippen MR) is 53.7 cm³/mol. The van der Waals surface area contributed by atoms with E-state index in [2.05, 4.69) is 10.2 Å². The lowest BCUT2D eigenvalue weighted by Gasteiger charge is -2.14. The van der Waals surface area contributed by atoms with Crippen LogP contribution in [0.25, 0.3) is 0 Å². The van der Waals surface area contributed by atoms with Gasteiger partial charge in [0, 0.05) is 17.5 Å². The predicted octanol–water partition coefficient (Wildman–Crippen LogP) is 3.46. The monoisotopic (exact) mass is 242 g/mol. The molecule has 0 aliphatic carbocycles. The Morgan fingerprint density at radius 3 is 2.12 bits per heavy atom. The zero-order valence-corrected chi connectivity index (χ0v) is 8.95. The highest BCUT2D eigenvalue weighted by molar-refractivity contribution is 5.95. The second-order valence-corrected chi connectivity index (χ2v) is 3.72. The largest absolute Gasteiger partial charge is 0.442 e. The summed E-state index contributed by atoms with van der Waals surface area (Å²) in [5.41, 5.74) is -2.06. The summed E-state index contributed by atoms with van der Waals surface area (Å²) >= 11 is 0. The normalized spacial score (nSPS) is 16.9. The third-order valence-corrected chi connectivity index (χ3v) is 2.63. The average molecular weight is 242 g/mol. The molecule has 0 bridgehead atoms. The molecule has 0 N–H and O–H groups in total. The Kier molecular flexibility index (Phi) is 2.52. The second-order valence-electron chi connectivity index (χ2n) is 3.72. The van der Waals surface area contributed by atoms with Gasteiger partial charge in [-0.25, -0.2) is 0 Å². The van der Waals surface area contributed by atoms with Gasteiger partial charge < -0.3 is 0 Å². The maximum atomic E-state index is 12.7. The molecule has 3 nitrogen and oxygen atoms in total. The minimum absolute atomic E-state index is 0.0577. The number of halogens is 3. The number of hydrogen-bond donors (Lipinski definition) is 0. The van der Waals surface area contributed by atoms with Crippen LogP contribution >= 0.6 is 0 Å². The van der Waals surface area contributed by atoms with E-state index in [0.717, 1.165) is 0 Å². The number of hydrogen-bond acceptors (Lipinski definition) is 3. The highest BCUT2D eigenvalue weighted by atomic mass is 19.4. The first kappa shape index (κ1) is 11.8. The van der Waals surface area contributed by atoms with Crippen molar-refractivity contribution in [3.05, 3.63) is 35.4 Å². The topological polar surface area (TPSA) is 41.8 Å². The van der Waals surface area contributed by atoms with Gasteiger partial charge in [0.1, 0.15) is 0 Å². The summed E-state index contributed by atoms with van der Waals surface area (Å²) in [5.74, 6) is -0.109. The van der Waals surface area contributed by atoms with Gasteiger partial charge in [0.05, 0.1) is 0 Å². The zero-order valence-electron chi connectivity index (χ0n) is 8.95. The van der Waals surface area contributed by atoms with Crippen molar-refractivity contribution in [1.82, 2.24) is 0 Å².